The molecule has 1 unspecified atom stereocenters. The van der Waals surface area contributed by atoms with E-state index in [4.69, 9.17) is 9.05 Å². The van der Waals surface area contributed by atoms with Gasteiger partial charge >= 0.3 is 7.60 Å². The molecule has 1 aliphatic rings. The van der Waals surface area contributed by atoms with Crippen LogP contribution in [0.15, 0.2) is 23.3 Å². The van der Waals surface area contributed by atoms with Crippen molar-refractivity contribution < 1.29 is 18.7 Å². The molecule has 140 valence electrons. The maximum atomic E-state index is 12.5. The molecule has 0 radical (unpaired) electrons. The van der Waals surface area contributed by atoms with Gasteiger partial charge in [0, 0.05) is 0 Å². The molecule has 0 heterocycles. The van der Waals surface area contributed by atoms with Crippen molar-refractivity contribution in [3.63, 3.8) is 0 Å². The van der Waals surface area contributed by atoms with Gasteiger partial charge in [0.05, 0.1) is 25.0 Å². The number of hydrogen-bond donors (Lipinski definition) is 1. The molecule has 0 saturated heterocycles. The average Bonchev–Trinajstić information content (AvgIpc) is 2.45. The van der Waals surface area contributed by atoms with E-state index in [1.165, 1.54) is 17.6 Å². The summed E-state index contributed by atoms with van der Waals surface area (Å²) in [6.07, 6.45) is 7.95. The molecule has 0 saturated carbocycles. The molecular weight excluding hydrogens is 323 g/mol. The van der Waals surface area contributed by atoms with Gasteiger partial charge in [-0.15, -0.1) is 0 Å². The van der Waals surface area contributed by atoms with Crippen LogP contribution in [0.3, 0.4) is 0 Å². The maximum absolute atomic E-state index is 12.5. The van der Waals surface area contributed by atoms with E-state index >= 15 is 0 Å². The zero-order valence-electron chi connectivity index (χ0n) is 16.2. The Kier molecular flexibility index (Phi) is 7.93. The summed E-state index contributed by atoms with van der Waals surface area (Å²) in [7, 11) is -3.12. The first kappa shape index (κ1) is 21.6. The molecule has 0 aromatic carbocycles. The number of rotatable bonds is 9. The van der Waals surface area contributed by atoms with Crippen molar-refractivity contribution >= 4 is 7.60 Å². The number of aliphatic hydroxyl groups is 1. The molecule has 0 aromatic rings. The normalized spacial score (nSPS) is 21.3. The lowest BCUT2D eigenvalue weighted by Crippen LogP contribution is -2.24. The minimum Gasteiger partial charge on any atom is -0.386 e. The minimum atomic E-state index is -3.12. The Balaban J connectivity index is 2.80. The van der Waals surface area contributed by atoms with Crippen LogP contribution in [0, 0.1) is 5.41 Å². The summed E-state index contributed by atoms with van der Waals surface area (Å²) in [6.45, 7) is 12.7. The molecule has 0 amide bonds. The number of allylic oxidation sites excluding steroid dienone is 3. The Labute approximate surface area is 147 Å². The Hall–Kier alpha value is -0.410. The monoisotopic (exact) mass is 358 g/mol. The van der Waals surface area contributed by atoms with Crippen LogP contribution < -0.4 is 0 Å². The average molecular weight is 358 g/mol. The third-order valence-corrected chi connectivity index (χ3v) is 6.77. The molecule has 0 bridgehead atoms. The fourth-order valence-electron chi connectivity index (χ4n) is 3.28. The lowest BCUT2D eigenvalue weighted by atomic mass is 9.72. The second-order valence-corrected chi connectivity index (χ2v) is 9.73. The first-order valence-corrected chi connectivity index (χ1v) is 10.8. The Morgan fingerprint density at radius 3 is 2.38 bits per heavy atom. The van der Waals surface area contributed by atoms with Gasteiger partial charge in [0.15, 0.2) is 0 Å². The molecule has 0 spiro atoms. The summed E-state index contributed by atoms with van der Waals surface area (Å²) in [5.41, 5.74) is 1.81. The van der Waals surface area contributed by atoms with Crippen molar-refractivity contribution in [3.05, 3.63) is 23.3 Å². The van der Waals surface area contributed by atoms with E-state index in [2.05, 4.69) is 26.8 Å². The van der Waals surface area contributed by atoms with Crippen LogP contribution in [0.5, 0.6) is 0 Å². The highest BCUT2D eigenvalue weighted by Gasteiger charge is 2.30. The third kappa shape index (κ3) is 6.48. The van der Waals surface area contributed by atoms with Crippen molar-refractivity contribution in [1.29, 1.82) is 0 Å². The molecule has 1 atom stereocenters. The molecule has 0 aliphatic heterocycles. The van der Waals surface area contributed by atoms with E-state index in [-0.39, 0.29) is 11.6 Å². The summed E-state index contributed by atoms with van der Waals surface area (Å²) in [5.74, 6) is 0. The summed E-state index contributed by atoms with van der Waals surface area (Å²) in [6, 6.07) is 0. The fraction of sp³-hybridized carbons (Fsp3) is 0.789. The van der Waals surface area contributed by atoms with Gasteiger partial charge in [0.2, 0.25) is 0 Å². The lowest BCUT2D eigenvalue weighted by Gasteiger charge is -2.33. The first-order valence-electron chi connectivity index (χ1n) is 9.05. The van der Waals surface area contributed by atoms with Crippen LogP contribution in [0.25, 0.3) is 0 Å². The fourth-order valence-corrected chi connectivity index (χ4v) is 5.13. The van der Waals surface area contributed by atoms with Gasteiger partial charge in [-0.2, -0.15) is 0 Å². The van der Waals surface area contributed by atoms with Crippen molar-refractivity contribution in [2.45, 2.75) is 72.8 Å². The molecule has 1 aliphatic carbocycles. The standard InChI is InChI=1S/C19H35O4P/c1-7-22-24(21,23-8-2)15-14-19(6,20)13-11-17-16(3)10-9-12-18(17,4)5/h11,13,20H,7-10,12,14-15H2,1-6H3. The predicted molar refractivity (Wildman–Crippen MR) is 100 cm³/mol. The first-order chi connectivity index (χ1) is 11.1. The molecule has 1 rings (SSSR count). The molecule has 5 heteroatoms. The smallest absolute Gasteiger partial charge is 0.330 e. The number of hydrogen-bond acceptors (Lipinski definition) is 4. The molecule has 24 heavy (non-hydrogen) atoms. The van der Waals surface area contributed by atoms with Gasteiger partial charge in [-0.25, -0.2) is 0 Å². The van der Waals surface area contributed by atoms with Gasteiger partial charge in [0.25, 0.3) is 0 Å². The van der Waals surface area contributed by atoms with E-state index in [0.717, 1.165) is 12.8 Å². The van der Waals surface area contributed by atoms with Crippen LogP contribution in [-0.4, -0.2) is 30.1 Å². The quantitative estimate of drug-likeness (QED) is 0.555. The second kappa shape index (κ2) is 8.80. The Bertz CT molecular complexity index is 507. The van der Waals surface area contributed by atoms with Crippen molar-refractivity contribution in [2.24, 2.45) is 5.41 Å². The predicted octanol–water partition coefficient (Wildman–Crippen LogP) is 5.48. The summed E-state index contributed by atoms with van der Waals surface area (Å²) in [4.78, 5) is 0. The van der Waals surface area contributed by atoms with Crippen molar-refractivity contribution in [1.82, 2.24) is 0 Å². The minimum absolute atomic E-state index is 0.140. The summed E-state index contributed by atoms with van der Waals surface area (Å²) >= 11 is 0. The Morgan fingerprint density at radius 1 is 1.29 bits per heavy atom. The maximum Gasteiger partial charge on any atom is 0.330 e. The molecule has 0 aromatic heterocycles. The summed E-state index contributed by atoms with van der Waals surface area (Å²) in [5, 5.41) is 10.7. The highest BCUT2D eigenvalue weighted by Crippen LogP contribution is 2.49. The van der Waals surface area contributed by atoms with E-state index in [1.807, 2.05) is 6.08 Å². The third-order valence-electron chi connectivity index (χ3n) is 4.69. The van der Waals surface area contributed by atoms with Crippen LogP contribution in [0.2, 0.25) is 0 Å². The topological polar surface area (TPSA) is 55.8 Å². The second-order valence-electron chi connectivity index (χ2n) is 7.54. The Morgan fingerprint density at radius 2 is 1.88 bits per heavy atom. The highest BCUT2D eigenvalue weighted by atomic mass is 31.2. The largest absolute Gasteiger partial charge is 0.386 e. The van der Waals surface area contributed by atoms with Gasteiger partial charge in [-0.3, -0.25) is 4.57 Å². The van der Waals surface area contributed by atoms with Crippen LogP contribution in [0.1, 0.15) is 67.2 Å². The van der Waals surface area contributed by atoms with E-state index in [1.54, 1.807) is 20.8 Å². The van der Waals surface area contributed by atoms with Gasteiger partial charge in [-0.1, -0.05) is 31.6 Å². The highest BCUT2D eigenvalue weighted by molar-refractivity contribution is 7.53. The molecule has 1 N–H and O–H groups in total. The molecular formula is C19H35O4P. The van der Waals surface area contributed by atoms with E-state index in [0.29, 0.717) is 19.6 Å². The van der Waals surface area contributed by atoms with Crippen LogP contribution in [0.4, 0.5) is 0 Å². The molecule has 0 fully saturated rings. The summed E-state index contributed by atoms with van der Waals surface area (Å²) < 4.78 is 23.1. The van der Waals surface area contributed by atoms with Gasteiger partial charge in [-0.05, 0) is 64.4 Å². The molecule has 4 nitrogen and oxygen atoms in total. The SMILES string of the molecule is CCOP(=O)(CCC(C)(O)C=CC1=C(C)CCCC1(C)C)OCC. The van der Waals surface area contributed by atoms with Crippen molar-refractivity contribution in [2.75, 3.05) is 19.4 Å². The van der Waals surface area contributed by atoms with Crippen LogP contribution in [-0.2, 0) is 13.6 Å². The van der Waals surface area contributed by atoms with Gasteiger partial charge < -0.3 is 14.2 Å². The zero-order valence-corrected chi connectivity index (χ0v) is 17.1. The lowest BCUT2D eigenvalue weighted by molar-refractivity contribution is 0.104. The van der Waals surface area contributed by atoms with Crippen LogP contribution >= 0.6 is 7.60 Å². The zero-order chi connectivity index (χ0) is 18.4. The van der Waals surface area contributed by atoms with E-state index in [9.17, 15) is 9.67 Å². The van der Waals surface area contributed by atoms with Gasteiger partial charge in [0.1, 0.15) is 0 Å². The van der Waals surface area contributed by atoms with E-state index < -0.39 is 13.2 Å². The van der Waals surface area contributed by atoms with Crippen molar-refractivity contribution in [3.8, 4) is 0 Å².